The fourth-order valence-electron chi connectivity index (χ4n) is 1.80. The van der Waals surface area contributed by atoms with Gasteiger partial charge in [0, 0.05) is 12.8 Å². The second-order valence-corrected chi connectivity index (χ2v) is 6.94. The molecule has 1 aliphatic rings. The van der Waals surface area contributed by atoms with Gasteiger partial charge in [-0.3, -0.25) is 4.57 Å². The van der Waals surface area contributed by atoms with Gasteiger partial charge in [-0.15, -0.1) is 0 Å². The van der Waals surface area contributed by atoms with Crippen LogP contribution in [0.3, 0.4) is 0 Å². The summed E-state index contributed by atoms with van der Waals surface area (Å²) in [6, 6.07) is 10.0. The summed E-state index contributed by atoms with van der Waals surface area (Å²) in [4.78, 5) is 0. The topological polar surface area (TPSA) is 35.5 Å². The van der Waals surface area contributed by atoms with Gasteiger partial charge in [-0.25, -0.2) is 0 Å². The maximum atomic E-state index is 11.6. The van der Waals surface area contributed by atoms with Crippen molar-refractivity contribution in [2.45, 2.75) is 19.1 Å². The fourth-order valence-corrected chi connectivity index (χ4v) is 3.45. The molecule has 0 N–H and O–H groups in total. The molecule has 0 spiro atoms. The van der Waals surface area contributed by atoms with Gasteiger partial charge in [-0.2, -0.15) is 0 Å². The molecular formula is C12H17O3P. The molecule has 0 radical (unpaired) electrons. The summed E-state index contributed by atoms with van der Waals surface area (Å²) in [7, 11) is -2.29. The molecular weight excluding hydrogens is 223 g/mol. The van der Waals surface area contributed by atoms with E-state index in [9.17, 15) is 4.57 Å². The Morgan fingerprint density at radius 1 is 1.44 bits per heavy atom. The fraction of sp³-hybridized carbons (Fsp3) is 0.500. The van der Waals surface area contributed by atoms with Gasteiger partial charge in [0.25, 0.3) is 0 Å². The Hall–Kier alpha value is -0.630. The SMILES string of the molecule is CP1(=O)CCC(COCc2ccccc2)O1. The van der Waals surface area contributed by atoms with Crippen LogP contribution < -0.4 is 0 Å². The molecule has 0 saturated carbocycles. The van der Waals surface area contributed by atoms with E-state index < -0.39 is 7.37 Å². The van der Waals surface area contributed by atoms with Gasteiger partial charge in [0.1, 0.15) is 0 Å². The van der Waals surface area contributed by atoms with Crippen molar-refractivity contribution >= 4 is 7.37 Å². The molecule has 0 amide bonds. The van der Waals surface area contributed by atoms with Crippen LogP contribution in [0, 0.1) is 0 Å². The third-order valence-electron chi connectivity index (χ3n) is 2.64. The van der Waals surface area contributed by atoms with E-state index in [1.165, 1.54) is 0 Å². The minimum atomic E-state index is -2.29. The average molecular weight is 240 g/mol. The molecule has 2 unspecified atom stereocenters. The van der Waals surface area contributed by atoms with Gasteiger partial charge in [-0.05, 0) is 12.0 Å². The van der Waals surface area contributed by atoms with E-state index in [2.05, 4.69) is 0 Å². The lowest BCUT2D eigenvalue weighted by atomic mass is 10.2. The van der Waals surface area contributed by atoms with Gasteiger partial charge in [-0.1, -0.05) is 30.3 Å². The molecule has 16 heavy (non-hydrogen) atoms. The first-order valence-corrected chi connectivity index (χ1v) is 7.78. The Kier molecular flexibility index (Phi) is 3.80. The normalized spacial score (nSPS) is 29.4. The molecule has 1 fully saturated rings. The summed E-state index contributed by atoms with van der Waals surface area (Å²) in [5.41, 5.74) is 1.15. The van der Waals surface area contributed by atoms with Crippen molar-refractivity contribution in [2.75, 3.05) is 19.4 Å². The average Bonchev–Trinajstić information content (AvgIpc) is 2.60. The lowest BCUT2D eigenvalue weighted by Gasteiger charge is -2.11. The molecule has 1 aliphatic heterocycles. The number of hydrogen-bond donors (Lipinski definition) is 0. The lowest BCUT2D eigenvalue weighted by Crippen LogP contribution is -2.13. The standard InChI is InChI=1S/C12H17O3P/c1-16(13)8-7-12(15-16)10-14-9-11-5-3-2-4-6-11/h2-6,12H,7-10H2,1H3. The highest BCUT2D eigenvalue weighted by Crippen LogP contribution is 2.50. The molecule has 3 nitrogen and oxygen atoms in total. The van der Waals surface area contributed by atoms with Crippen molar-refractivity contribution < 1.29 is 13.8 Å². The van der Waals surface area contributed by atoms with Gasteiger partial charge in [0.15, 0.2) is 0 Å². The van der Waals surface area contributed by atoms with Crippen LogP contribution in [0.25, 0.3) is 0 Å². The van der Waals surface area contributed by atoms with Crippen molar-refractivity contribution in [3.63, 3.8) is 0 Å². The molecule has 1 aromatic carbocycles. The molecule has 4 heteroatoms. The van der Waals surface area contributed by atoms with Crippen LogP contribution in [0.2, 0.25) is 0 Å². The Morgan fingerprint density at radius 2 is 2.19 bits per heavy atom. The van der Waals surface area contributed by atoms with Crippen molar-refractivity contribution in [1.82, 2.24) is 0 Å². The van der Waals surface area contributed by atoms with E-state index in [0.29, 0.717) is 19.4 Å². The summed E-state index contributed by atoms with van der Waals surface area (Å²) < 4.78 is 22.5. The Balaban J connectivity index is 1.72. The highest BCUT2D eigenvalue weighted by molar-refractivity contribution is 7.58. The van der Waals surface area contributed by atoms with Crippen molar-refractivity contribution in [3.8, 4) is 0 Å². The highest BCUT2D eigenvalue weighted by atomic mass is 31.2. The van der Waals surface area contributed by atoms with Crippen LogP contribution in [0.15, 0.2) is 30.3 Å². The van der Waals surface area contributed by atoms with E-state index in [1.54, 1.807) is 6.66 Å². The maximum absolute atomic E-state index is 11.6. The van der Waals surface area contributed by atoms with E-state index in [4.69, 9.17) is 9.26 Å². The predicted molar refractivity (Wildman–Crippen MR) is 64.0 cm³/mol. The van der Waals surface area contributed by atoms with Crippen molar-refractivity contribution in [1.29, 1.82) is 0 Å². The number of benzene rings is 1. The molecule has 0 aliphatic carbocycles. The van der Waals surface area contributed by atoms with E-state index >= 15 is 0 Å². The second-order valence-electron chi connectivity index (χ2n) is 4.25. The third-order valence-corrected chi connectivity index (χ3v) is 4.46. The quantitative estimate of drug-likeness (QED) is 0.759. The van der Waals surface area contributed by atoms with Crippen LogP contribution in [-0.2, 0) is 20.4 Å². The molecule has 1 aromatic rings. The number of rotatable bonds is 4. The van der Waals surface area contributed by atoms with Gasteiger partial charge >= 0.3 is 0 Å². The molecule has 2 rings (SSSR count). The van der Waals surface area contributed by atoms with Crippen molar-refractivity contribution in [2.24, 2.45) is 0 Å². The first-order valence-electron chi connectivity index (χ1n) is 5.52. The van der Waals surface area contributed by atoms with E-state index in [1.807, 2.05) is 30.3 Å². The third kappa shape index (κ3) is 3.44. The molecule has 0 aromatic heterocycles. The van der Waals surface area contributed by atoms with Crippen LogP contribution >= 0.6 is 7.37 Å². The summed E-state index contributed by atoms with van der Waals surface area (Å²) >= 11 is 0. The molecule has 1 saturated heterocycles. The minimum Gasteiger partial charge on any atom is -0.374 e. The zero-order valence-electron chi connectivity index (χ0n) is 9.46. The van der Waals surface area contributed by atoms with Crippen LogP contribution in [0.5, 0.6) is 0 Å². The molecule has 2 atom stereocenters. The predicted octanol–water partition coefficient (Wildman–Crippen LogP) is 2.90. The molecule has 0 bridgehead atoms. The first kappa shape index (κ1) is 11.8. The minimum absolute atomic E-state index is 0.0135. The summed E-state index contributed by atoms with van der Waals surface area (Å²) in [6.07, 6.45) is 1.55. The van der Waals surface area contributed by atoms with E-state index in [0.717, 1.165) is 12.0 Å². The summed E-state index contributed by atoms with van der Waals surface area (Å²) in [5, 5.41) is 0. The number of hydrogen-bond acceptors (Lipinski definition) is 3. The Bertz CT molecular complexity index is 377. The molecule has 1 heterocycles. The van der Waals surface area contributed by atoms with Crippen LogP contribution in [0.4, 0.5) is 0 Å². The summed E-state index contributed by atoms with van der Waals surface area (Å²) in [6.45, 7) is 2.83. The van der Waals surface area contributed by atoms with E-state index in [-0.39, 0.29) is 6.10 Å². The monoisotopic (exact) mass is 240 g/mol. The zero-order valence-corrected chi connectivity index (χ0v) is 10.4. The smallest absolute Gasteiger partial charge is 0.200 e. The first-order chi connectivity index (χ1) is 7.66. The van der Waals surface area contributed by atoms with Crippen molar-refractivity contribution in [3.05, 3.63) is 35.9 Å². The summed E-state index contributed by atoms with van der Waals surface area (Å²) in [5.74, 6) is 0. The van der Waals surface area contributed by atoms with Crippen LogP contribution in [0.1, 0.15) is 12.0 Å². The van der Waals surface area contributed by atoms with Gasteiger partial charge < -0.3 is 9.26 Å². The highest BCUT2D eigenvalue weighted by Gasteiger charge is 2.30. The zero-order chi connectivity index (χ0) is 11.4. The van der Waals surface area contributed by atoms with Gasteiger partial charge in [0.05, 0.1) is 19.3 Å². The largest absolute Gasteiger partial charge is 0.374 e. The Labute approximate surface area is 96.2 Å². The molecule has 88 valence electrons. The van der Waals surface area contributed by atoms with Crippen LogP contribution in [-0.4, -0.2) is 25.5 Å². The lowest BCUT2D eigenvalue weighted by molar-refractivity contribution is 0.0510. The van der Waals surface area contributed by atoms with Gasteiger partial charge in [0.2, 0.25) is 7.37 Å². The second kappa shape index (κ2) is 5.13. The number of ether oxygens (including phenoxy) is 1. The maximum Gasteiger partial charge on any atom is 0.200 e. The Morgan fingerprint density at radius 3 is 2.81 bits per heavy atom.